The molecule has 0 aliphatic carbocycles. The lowest BCUT2D eigenvalue weighted by molar-refractivity contribution is -0.120. The van der Waals surface area contributed by atoms with E-state index in [9.17, 15) is 4.79 Å². The number of hydrogen-bond donors (Lipinski definition) is 2. The summed E-state index contributed by atoms with van der Waals surface area (Å²) in [4.78, 5) is 16.4. The normalized spacial score (nSPS) is 12.7. The highest BCUT2D eigenvalue weighted by molar-refractivity contribution is 7.13. The molecule has 0 radical (unpaired) electrons. The van der Waals surface area contributed by atoms with Crippen molar-refractivity contribution in [1.29, 1.82) is 0 Å². The molecule has 1 unspecified atom stereocenters. The number of carbonyl (C=O) groups is 1. The Labute approximate surface area is 113 Å². The highest BCUT2D eigenvalue weighted by Crippen LogP contribution is 2.21. The maximum atomic E-state index is 11.9. The van der Waals surface area contributed by atoms with E-state index in [0.717, 1.165) is 25.1 Å². The molecule has 1 aromatic heterocycles. The highest BCUT2D eigenvalue weighted by Gasteiger charge is 2.16. The third-order valence-corrected chi connectivity index (χ3v) is 3.84. The Morgan fingerprint density at radius 3 is 2.61 bits per heavy atom. The molecule has 0 saturated heterocycles. The largest absolute Gasteiger partial charge is 0.309 e. The van der Waals surface area contributed by atoms with Gasteiger partial charge in [0.1, 0.15) is 0 Å². The van der Waals surface area contributed by atoms with Gasteiger partial charge in [0.25, 0.3) is 0 Å². The predicted octanol–water partition coefficient (Wildman–Crippen LogP) is 3.19. The average Bonchev–Trinajstić information content (AvgIpc) is 2.79. The van der Waals surface area contributed by atoms with Crippen LogP contribution in [0.15, 0.2) is 5.38 Å². The summed E-state index contributed by atoms with van der Waals surface area (Å²) in [5, 5.41) is 8.90. The summed E-state index contributed by atoms with van der Waals surface area (Å²) in [6, 6.07) is 0.227. The maximum Gasteiger partial charge on any atom is 0.229 e. The summed E-state index contributed by atoms with van der Waals surface area (Å²) in [6.07, 6.45) is 1.74. The second-order valence-electron chi connectivity index (χ2n) is 4.36. The van der Waals surface area contributed by atoms with E-state index in [-0.39, 0.29) is 17.9 Å². The van der Waals surface area contributed by atoms with E-state index >= 15 is 0 Å². The van der Waals surface area contributed by atoms with E-state index in [4.69, 9.17) is 0 Å². The quantitative estimate of drug-likeness (QED) is 0.799. The number of carbonyl (C=O) groups excluding carboxylic acids is 1. The lowest BCUT2D eigenvalue weighted by Crippen LogP contribution is -2.22. The van der Waals surface area contributed by atoms with Gasteiger partial charge >= 0.3 is 0 Å². The molecule has 0 aliphatic rings. The molecule has 0 aromatic carbocycles. The fourth-order valence-electron chi connectivity index (χ4n) is 1.82. The Balaban J connectivity index is 2.61. The van der Waals surface area contributed by atoms with Crippen molar-refractivity contribution < 1.29 is 4.79 Å². The average molecular weight is 269 g/mol. The number of rotatable bonds is 7. The number of amides is 1. The van der Waals surface area contributed by atoms with Gasteiger partial charge in [-0.3, -0.25) is 4.79 Å². The van der Waals surface area contributed by atoms with Crippen molar-refractivity contribution in [1.82, 2.24) is 10.3 Å². The van der Waals surface area contributed by atoms with E-state index < -0.39 is 0 Å². The van der Waals surface area contributed by atoms with Crippen LogP contribution in [-0.4, -0.2) is 17.4 Å². The number of aromatic nitrogens is 1. The minimum Gasteiger partial charge on any atom is -0.309 e. The minimum absolute atomic E-state index is 0.0806. The van der Waals surface area contributed by atoms with Gasteiger partial charge in [0.05, 0.1) is 5.69 Å². The van der Waals surface area contributed by atoms with Crippen LogP contribution in [0.4, 0.5) is 5.13 Å². The molecule has 1 amide bonds. The summed E-state index contributed by atoms with van der Waals surface area (Å²) < 4.78 is 0. The molecule has 0 bridgehead atoms. The number of anilines is 1. The summed E-state index contributed by atoms with van der Waals surface area (Å²) in [5.74, 6) is 0.167. The Kier molecular flexibility index (Phi) is 6.29. The van der Waals surface area contributed by atoms with E-state index in [0.29, 0.717) is 5.13 Å². The van der Waals surface area contributed by atoms with Crippen LogP contribution in [0.2, 0.25) is 0 Å². The molecule has 0 saturated carbocycles. The van der Waals surface area contributed by atoms with Crippen LogP contribution < -0.4 is 10.6 Å². The molecule has 0 aliphatic heterocycles. The van der Waals surface area contributed by atoms with Crippen LogP contribution >= 0.6 is 11.3 Å². The Morgan fingerprint density at radius 1 is 1.39 bits per heavy atom. The fraction of sp³-hybridized carbons (Fsp3) is 0.692. The molecule has 1 heterocycles. The zero-order chi connectivity index (χ0) is 13.5. The van der Waals surface area contributed by atoms with Gasteiger partial charge in [0.2, 0.25) is 5.91 Å². The van der Waals surface area contributed by atoms with E-state index in [1.54, 1.807) is 0 Å². The second-order valence-corrected chi connectivity index (χ2v) is 5.22. The topological polar surface area (TPSA) is 54.0 Å². The SMILES string of the molecule is CCNC(C)c1csc(NC(=O)C(CC)CC)n1. The van der Waals surface area contributed by atoms with Gasteiger partial charge in [-0.1, -0.05) is 20.8 Å². The maximum absolute atomic E-state index is 11.9. The minimum atomic E-state index is 0.0806. The molecule has 0 spiro atoms. The van der Waals surface area contributed by atoms with Crippen molar-refractivity contribution in [3.8, 4) is 0 Å². The van der Waals surface area contributed by atoms with E-state index in [2.05, 4.69) is 29.5 Å². The zero-order valence-corrected chi connectivity index (χ0v) is 12.4. The van der Waals surface area contributed by atoms with E-state index in [1.165, 1.54) is 11.3 Å². The van der Waals surface area contributed by atoms with Gasteiger partial charge in [-0.2, -0.15) is 0 Å². The van der Waals surface area contributed by atoms with Crippen LogP contribution in [0.3, 0.4) is 0 Å². The van der Waals surface area contributed by atoms with Crippen LogP contribution in [0.5, 0.6) is 0 Å². The number of hydrogen-bond acceptors (Lipinski definition) is 4. The molecule has 18 heavy (non-hydrogen) atoms. The molecule has 2 N–H and O–H groups in total. The van der Waals surface area contributed by atoms with Gasteiger partial charge in [0.15, 0.2) is 5.13 Å². The lowest BCUT2D eigenvalue weighted by atomic mass is 10.0. The molecule has 1 atom stereocenters. The number of nitrogens with zero attached hydrogens (tertiary/aromatic N) is 1. The first kappa shape index (κ1) is 15.1. The molecule has 4 nitrogen and oxygen atoms in total. The molecular formula is C13H23N3OS. The van der Waals surface area contributed by atoms with Crippen molar-refractivity contribution in [2.24, 2.45) is 5.92 Å². The van der Waals surface area contributed by atoms with Crippen LogP contribution in [0.25, 0.3) is 0 Å². The molecule has 1 rings (SSSR count). The first-order valence-corrected chi connectivity index (χ1v) is 7.49. The van der Waals surface area contributed by atoms with Crippen molar-refractivity contribution in [3.05, 3.63) is 11.1 Å². The first-order valence-electron chi connectivity index (χ1n) is 6.61. The molecular weight excluding hydrogens is 246 g/mol. The third kappa shape index (κ3) is 4.07. The monoisotopic (exact) mass is 269 g/mol. The van der Waals surface area contributed by atoms with E-state index in [1.807, 2.05) is 19.2 Å². The predicted molar refractivity (Wildman–Crippen MR) is 76.9 cm³/mol. The summed E-state index contributed by atoms with van der Waals surface area (Å²) in [6.45, 7) is 9.13. The van der Waals surface area contributed by atoms with Crippen molar-refractivity contribution >= 4 is 22.4 Å². The number of nitrogens with one attached hydrogen (secondary N) is 2. The first-order chi connectivity index (χ1) is 8.62. The van der Waals surface area contributed by atoms with Gasteiger partial charge < -0.3 is 10.6 Å². The second kappa shape index (κ2) is 7.48. The summed E-state index contributed by atoms with van der Waals surface area (Å²) in [5.41, 5.74) is 0.988. The smallest absolute Gasteiger partial charge is 0.229 e. The third-order valence-electron chi connectivity index (χ3n) is 3.06. The van der Waals surface area contributed by atoms with Gasteiger partial charge in [0, 0.05) is 17.3 Å². The Morgan fingerprint density at radius 2 is 2.06 bits per heavy atom. The molecule has 1 aromatic rings. The Hall–Kier alpha value is -0.940. The Bertz CT molecular complexity index is 374. The fourth-order valence-corrected chi connectivity index (χ4v) is 2.63. The van der Waals surface area contributed by atoms with Gasteiger partial charge in [-0.05, 0) is 26.3 Å². The van der Waals surface area contributed by atoms with Crippen LogP contribution in [0.1, 0.15) is 52.3 Å². The van der Waals surface area contributed by atoms with Gasteiger partial charge in [-0.25, -0.2) is 4.98 Å². The molecule has 102 valence electrons. The van der Waals surface area contributed by atoms with Gasteiger partial charge in [-0.15, -0.1) is 11.3 Å². The summed E-state index contributed by atoms with van der Waals surface area (Å²) >= 11 is 1.49. The highest BCUT2D eigenvalue weighted by atomic mass is 32.1. The summed E-state index contributed by atoms with van der Waals surface area (Å²) in [7, 11) is 0. The molecule has 5 heteroatoms. The van der Waals surface area contributed by atoms with Crippen molar-refractivity contribution in [3.63, 3.8) is 0 Å². The van der Waals surface area contributed by atoms with Crippen LogP contribution in [0, 0.1) is 5.92 Å². The van der Waals surface area contributed by atoms with Crippen molar-refractivity contribution in [2.45, 2.75) is 46.6 Å². The molecule has 0 fully saturated rings. The standard InChI is InChI=1S/C13H23N3OS/c1-5-10(6-2)12(17)16-13-15-11(8-18-13)9(4)14-7-3/h8-10,14H,5-7H2,1-4H3,(H,15,16,17). The van der Waals surface area contributed by atoms with Crippen LogP contribution in [-0.2, 0) is 4.79 Å². The zero-order valence-electron chi connectivity index (χ0n) is 11.6. The van der Waals surface area contributed by atoms with Crippen molar-refractivity contribution in [2.75, 3.05) is 11.9 Å². The number of thiazole rings is 1. The lowest BCUT2D eigenvalue weighted by Gasteiger charge is -2.11.